The maximum atomic E-state index is 2.49. The molecule has 57 heavy (non-hydrogen) atoms. The first-order valence-corrected chi connectivity index (χ1v) is 20.3. The molecule has 0 N–H and O–H groups in total. The Morgan fingerprint density at radius 2 is 0.772 bits per heavy atom. The quantitative estimate of drug-likeness (QED) is 0.171. The van der Waals surface area contributed by atoms with Crippen molar-refractivity contribution in [3.8, 4) is 55.9 Å². The van der Waals surface area contributed by atoms with Crippen molar-refractivity contribution in [1.29, 1.82) is 0 Å². The molecule has 0 bridgehead atoms. The van der Waals surface area contributed by atoms with Crippen LogP contribution in [0.1, 0.15) is 0 Å². The molecule has 1 aliphatic rings. The SMILES string of the molecule is c1ccc(-c2cccc(-c3cccc(-c4cccc(-c5cccc(-n6c7ccccc7c7c8c9ccccc9n9c8c(cc76)Sc6ccccc6-9)c5)c4)c3)c2)cc1. The highest BCUT2D eigenvalue weighted by Gasteiger charge is 2.27. The van der Waals surface area contributed by atoms with Crippen molar-refractivity contribution in [3.63, 3.8) is 0 Å². The number of para-hydroxylation sites is 3. The first-order chi connectivity index (χ1) is 28.3. The fourth-order valence-electron chi connectivity index (χ4n) is 9.12. The van der Waals surface area contributed by atoms with Crippen LogP contribution in [0.5, 0.6) is 0 Å². The normalized spacial score (nSPS) is 12.1. The molecule has 0 saturated heterocycles. The van der Waals surface area contributed by atoms with Gasteiger partial charge in [0.25, 0.3) is 0 Å². The second-order valence-corrected chi connectivity index (χ2v) is 16.0. The van der Waals surface area contributed by atoms with Crippen LogP contribution in [0.25, 0.3) is 99.5 Å². The van der Waals surface area contributed by atoms with Crippen LogP contribution in [0.4, 0.5) is 0 Å². The summed E-state index contributed by atoms with van der Waals surface area (Å²) in [5.41, 5.74) is 17.1. The second kappa shape index (κ2) is 12.7. The maximum absolute atomic E-state index is 2.49. The lowest BCUT2D eigenvalue weighted by molar-refractivity contribution is 1.09. The predicted molar refractivity (Wildman–Crippen MR) is 241 cm³/mol. The third-order valence-corrected chi connectivity index (χ3v) is 12.8. The van der Waals surface area contributed by atoms with Crippen molar-refractivity contribution in [2.45, 2.75) is 9.79 Å². The number of hydrogen-bond donors (Lipinski definition) is 0. The van der Waals surface area contributed by atoms with Crippen LogP contribution in [0.3, 0.4) is 0 Å². The van der Waals surface area contributed by atoms with Crippen molar-refractivity contribution in [1.82, 2.24) is 9.13 Å². The molecular formula is C54H34N2S. The minimum Gasteiger partial charge on any atom is -0.309 e. The summed E-state index contributed by atoms with van der Waals surface area (Å²) in [6.07, 6.45) is 0. The average molecular weight is 743 g/mol. The first kappa shape index (κ1) is 32.2. The van der Waals surface area contributed by atoms with Gasteiger partial charge in [-0.2, -0.15) is 0 Å². The number of aromatic nitrogens is 2. The summed E-state index contributed by atoms with van der Waals surface area (Å²) in [4.78, 5) is 2.57. The fourth-order valence-corrected chi connectivity index (χ4v) is 10.2. The molecular weight excluding hydrogens is 709 g/mol. The smallest absolute Gasteiger partial charge is 0.0688 e. The van der Waals surface area contributed by atoms with Gasteiger partial charge in [-0.3, -0.25) is 0 Å². The van der Waals surface area contributed by atoms with Gasteiger partial charge in [-0.05, 0) is 105 Å². The third-order valence-electron chi connectivity index (χ3n) is 11.7. The van der Waals surface area contributed by atoms with E-state index in [1.165, 1.54) is 104 Å². The van der Waals surface area contributed by atoms with E-state index >= 15 is 0 Å². The summed E-state index contributed by atoms with van der Waals surface area (Å²) in [6.45, 7) is 0. The van der Waals surface area contributed by atoms with Crippen molar-refractivity contribution in [2.75, 3.05) is 0 Å². The minimum atomic E-state index is 1.15. The summed E-state index contributed by atoms with van der Waals surface area (Å²) in [6, 6.07) is 75.5. The van der Waals surface area contributed by atoms with Crippen molar-refractivity contribution < 1.29 is 0 Å². The predicted octanol–water partition coefficient (Wildman–Crippen LogP) is 15.0. The molecule has 266 valence electrons. The van der Waals surface area contributed by atoms with Crippen molar-refractivity contribution in [2.24, 2.45) is 0 Å². The molecule has 0 saturated carbocycles. The highest BCUT2D eigenvalue weighted by molar-refractivity contribution is 7.99. The van der Waals surface area contributed by atoms with E-state index in [9.17, 15) is 0 Å². The fraction of sp³-hybridized carbons (Fsp3) is 0. The molecule has 0 fully saturated rings. The summed E-state index contributed by atoms with van der Waals surface area (Å²) in [5, 5.41) is 5.19. The Morgan fingerprint density at radius 3 is 1.42 bits per heavy atom. The van der Waals surface area contributed by atoms with Crippen LogP contribution in [0.2, 0.25) is 0 Å². The van der Waals surface area contributed by atoms with Gasteiger partial charge in [-0.25, -0.2) is 0 Å². The van der Waals surface area contributed by atoms with Crippen LogP contribution in [-0.2, 0) is 0 Å². The van der Waals surface area contributed by atoms with Gasteiger partial charge in [0.15, 0.2) is 0 Å². The molecule has 0 amide bonds. The lowest BCUT2D eigenvalue weighted by Gasteiger charge is -2.20. The van der Waals surface area contributed by atoms with E-state index in [2.05, 4.69) is 215 Å². The standard InChI is InChI=1S/C54H34N2S/c1-2-14-35(15-3-1)36-16-10-17-37(30-36)38-18-11-19-39(31-38)40-20-12-21-41(32-40)42-22-13-23-43(33-42)55-46-26-6-4-24-44(46)52-49(55)34-51-54-53(52)45-25-5-7-27-47(45)56(54)48-28-8-9-29-50(48)57-51/h1-34H. The summed E-state index contributed by atoms with van der Waals surface area (Å²) in [5.74, 6) is 0. The Morgan fingerprint density at radius 1 is 0.298 bits per heavy atom. The molecule has 1 aliphatic heterocycles. The van der Waals surface area contributed by atoms with E-state index in [0.29, 0.717) is 0 Å². The molecule has 9 aromatic carbocycles. The Balaban J connectivity index is 0.992. The van der Waals surface area contributed by atoms with E-state index in [1.54, 1.807) is 0 Å². The van der Waals surface area contributed by atoms with Gasteiger partial charge in [-0.1, -0.05) is 157 Å². The van der Waals surface area contributed by atoms with E-state index in [0.717, 1.165) is 5.69 Å². The zero-order valence-electron chi connectivity index (χ0n) is 30.9. The minimum absolute atomic E-state index is 1.15. The van der Waals surface area contributed by atoms with Gasteiger partial charge >= 0.3 is 0 Å². The Labute approximate surface area is 334 Å². The highest BCUT2D eigenvalue weighted by atomic mass is 32.2. The number of rotatable bonds is 5. The highest BCUT2D eigenvalue weighted by Crippen LogP contribution is 2.51. The molecule has 0 radical (unpaired) electrons. The summed E-state index contributed by atoms with van der Waals surface area (Å²) >= 11 is 1.88. The van der Waals surface area contributed by atoms with Gasteiger partial charge in [0.2, 0.25) is 0 Å². The molecule has 12 rings (SSSR count). The topological polar surface area (TPSA) is 9.86 Å². The van der Waals surface area contributed by atoms with Gasteiger partial charge in [0.1, 0.15) is 0 Å². The molecule has 2 nitrogen and oxygen atoms in total. The van der Waals surface area contributed by atoms with Crippen LogP contribution in [0, 0.1) is 0 Å². The zero-order chi connectivity index (χ0) is 37.5. The van der Waals surface area contributed by atoms with Crippen LogP contribution in [-0.4, -0.2) is 9.13 Å². The van der Waals surface area contributed by atoms with Crippen molar-refractivity contribution >= 4 is 55.4 Å². The average Bonchev–Trinajstić information content (AvgIpc) is 3.81. The summed E-state index contributed by atoms with van der Waals surface area (Å²) < 4.78 is 4.97. The lowest BCUT2D eigenvalue weighted by atomic mass is 9.95. The Bertz CT molecular complexity index is 3390. The van der Waals surface area contributed by atoms with Crippen LogP contribution >= 0.6 is 11.8 Å². The van der Waals surface area contributed by atoms with E-state index in [4.69, 9.17) is 0 Å². The molecule has 0 atom stereocenters. The zero-order valence-corrected chi connectivity index (χ0v) is 31.7. The molecule has 3 heterocycles. The van der Waals surface area contributed by atoms with Crippen molar-refractivity contribution in [3.05, 3.63) is 206 Å². The van der Waals surface area contributed by atoms with E-state index < -0.39 is 0 Å². The molecule has 3 heteroatoms. The van der Waals surface area contributed by atoms with Gasteiger partial charge in [0, 0.05) is 37.0 Å². The molecule has 0 spiro atoms. The number of nitrogens with zero attached hydrogens (tertiary/aromatic N) is 2. The molecule has 2 aromatic heterocycles. The Kier molecular flexibility index (Phi) is 7.20. The molecule has 0 unspecified atom stereocenters. The van der Waals surface area contributed by atoms with Gasteiger partial charge in [-0.15, -0.1) is 0 Å². The second-order valence-electron chi connectivity index (χ2n) is 14.9. The molecule has 11 aromatic rings. The Hall–Kier alpha value is -7.07. The number of benzene rings is 9. The third kappa shape index (κ3) is 5.06. The number of hydrogen-bond acceptors (Lipinski definition) is 1. The van der Waals surface area contributed by atoms with Gasteiger partial charge in [0.05, 0.1) is 27.8 Å². The van der Waals surface area contributed by atoms with E-state index in [1.807, 2.05) is 11.8 Å². The lowest BCUT2D eigenvalue weighted by Crippen LogP contribution is -2.01. The monoisotopic (exact) mass is 742 g/mol. The van der Waals surface area contributed by atoms with E-state index in [-0.39, 0.29) is 0 Å². The van der Waals surface area contributed by atoms with Crippen LogP contribution < -0.4 is 0 Å². The first-order valence-electron chi connectivity index (χ1n) is 19.5. The molecule has 0 aliphatic carbocycles. The van der Waals surface area contributed by atoms with Gasteiger partial charge < -0.3 is 9.13 Å². The maximum Gasteiger partial charge on any atom is 0.0688 e. The van der Waals surface area contributed by atoms with Crippen LogP contribution in [0.15, 0.2) is 216 Å². The summed E-state index contributed by atoms with van der Waals surface area (Å²) in [7, 11) is 0. The number of fused-ring (bicyclic) bond motifs is 9. The largest absolute Gasteiger partial charge is 0.309 e.